The van der Waals surface area contributed by atoms with Gasteiger partial charge in [0.2, 0.25) is 0 Å². The van der Waals surface area contributed by atoms with E-state index >= 15 is 0 Å². The normalized spacial score (nSPS) is 16.8. The lowest BCUT2D eigenvalue weighted by molar-refractivity contribution is 0.181. The second-order valence-electron chi connectivity index (χ2n) is 5.96. The highest BCUT2D eigenvalue weighted by Crippen LogP contribution is 2.16. The van der Waals surface area contributed by atoms with Gasteiger partial charge in [-0.25, -0.2) is 0 Å². The minimum Gasteiger partial charge on any atom is -0.304 e. The van der Waals surface area contributed by atoms with Crippen LogP contribution in [0.1, 0.15) is 11.1 Å². The van der Waals surface area contributed by atoms with Crippen molar-refractivity contribution in [3.8, 4) is 0 Å². The van der Waals surface area contributed by atoms with E-state index in [-0.39, 0.29) is 0 Å². The van der Waals surface area contributed by atoms with Crippen molar-refractivity contribution >= 4 is 10.8 Å². The molecular formula is C18H26N2. The van der Waals surface area contributed by atoms with Crippen molar-refractivity contribution in [2.24, 2.45) is 0 Å². The molecule has 2 nitrogen and oxygen atoms in total. The molecule has 0 radical (unpaired) electrons. The molecule has 2 aromatic rings. The summed E-state index contributed by atoms with van der Waals surface area (Å²) in [4.78, 5) is 4.72. The molecule has 1 aliphatic rings. The predicted molar refractivity (Wildman–Crippen MR) is 88.4 cm³/mol. The second kappa shape index (κ2) is 6.87. The van der Waals surface area contributed by atoms with Gasteiger partial charge in [0.05, 0.1) is 0 Å². The number of hydrogen-bond donors (Lipinski definition) is 0. The smallest absolute Gasteiger partial charge is 0.0107 e. The highest BCUT2D eigenvalue weighted by molar-refractivity contribution is 5.83. The molecule has 0 amide bonds. The van der Waals surface area contributed by atoms with E-state index in [1.165, 1.54) is 48.1 Å². The van der Waals surface area contributed by atoms with Crippen molar-refractivity contribution in [2.45, 2.75) is 13.8 Å². The SMILES string of the molecule is CN1CCN(C)CC1.Cc1ccc2cc(C)ccc2c1. The highest BCUT2D eigenvalue weighted by Gasteiger charge is 2.07. The lowest BCUT2D eigenvalue weighted by Crippen LogP contribution is -2.42. The van der Waals surface area contributed by atoms with Crippen LogP contribution in [-0.4, -0.2) is 50.1 Å². The molecule has 1 saturated heterocycles. The standard InChI is InChI=1S/C12H12.C6H14N2/c1-9-3-5-12-8-10(2)4-6-11(12)7-9;1-7-3-5-8(2)6-4-7/h3-8H,1-2H3;3-6H2,1-2H3. The van der Waals surface area contributed by atoms with Gasteiger partial charge in [-0.05, 0) is 38.7 Å². The van der Waals surface area contributed by atoms with E-state index in [4.69, 9.17) is 0 Å². The Morgan fingerprint density at radius 1 is 0.650 bits per heavy atom. The Balaban J connectivity index is 0.000000160. The van der Waals surface area contributed by atoms with Crippen LogP contribution in [0, 0.1) is 13.8 Å². The molecular weight excluding hydrogens is 244 g/mol. The Kier molecular flexibility index (Phi) is 5.16. The largest absolute Gasteiger partial charge is 0.304 e. The van der Waals surface area contributed by atoms with E-state index in [0.29, 0.717) is 0 Å². The van der Waals surface area contributed by atoms with E-state index in [0.717, 1.165) is 0 Å². The van der Waals surface area contributed by atoms with E-state index in [1.54, 1.807) is 0 Å². The predicted octanol–water partition coefficient (Wildman–Crippen LogP) is 3.32. The fourth-order valence-electron chi connectivity index (χ4n) is 2.39. The van der Waals surface area contributed by atoms with Gasteiger partial charge in [-0.3, -0.25) is 0 Å². The molecule has 108 valence electrons. The third kappa shape index (κ3) is 4.32. The first-order valence-corrected chi connectivity index (χ1v) is 7.39. The quantitative estimate of drug-likeness (QED) is 0.724. The molecule has 0 bridgehead atoms. The molecule has 3 rings (SSSR count). The highest BCUT2D eigenvalue weighted by atomic mass is 15.2. The van der Waals surface area contributed by atoms with Crippen molar-refractivity contribution in [3.05, 3.63) is 47.5 Å². The number of rotatable bonds is 0. The third-order valence-corrected chi connectivity index (χ3v) is 3.88. The molecule has 0 atom stereocenters. The molecule has 0 aliphatic carbocycles. The molecule has 2 aromatic carbocycles. The van der Waals surface area contributed by atoms with Crippen molar-refractivity contribution in [1.29, 1.82) is 0 Å². The molecule has 1 fully saturated rings. The lowest BCUT2D eigenvalue weighted by Gasteiger charge is -2.28. The summed E-state index contributed by atoms with van der Waals surface area (Å²) in [5.74, 6) is 0. The van der Waals surface area contributed by atoms with Gasteiger partial charge >= 0.3 is 0 Å². The molecule has 0 N–H and O–H groups in total. The van der Waals surface area contributed by atoms with Crippen LogP contribution in [-0.2, 0) is 0 Å². The van der Waals surface area contributed by atoms with Crippen LogP contribution in [0.25, 0.3) is 10.8 Å². The summed E-state index contributed by atoms with van der Waals surface area (Å²) in [6.45, 7) is 9.18. The minimum atomic E-state index is 1.23. The lowest BCUT2D eigenvalue weighted by atomic mass is 10.1. The Hall–Kier alpha value is -1.38. The van der Waals surface area contributed by atoms with E-state index in [2.05, 4.69) is 74.1 Å². The summed E-state index contributed by atoms with van der Waals surface area (Å²) in [5.41, 5.74) is 2.65. The maximum atomic E-state index is 2.36. The van der Waals surface area contributed by atoms with Gasteiger partial charge in [-0.15, -0.1) is 0 Å². The van der Waals surface area contributed by atoms with Crippen molar-refractivity contribution in [3.63, 3.8) is 0 Å². The maximum absolute atomic E-state index is 2.36. The summed E-state index contributed by atoms with van der Waals surface area (Å²) >= 11 is 0. The number of benzene rings is 2. The molecule has 0 spiro atoms. The Bertz CT molecular complexity index is 503. The van der Waals surface area contributed by atoms with Gasteiger partial charge in [-0.1, -0.05) is 47.5 Å². The van der Waals surface area contributed by atoms with Crippen LogP contribution in [0.3, 0.4) is 0 Å². The zero-order chi connectivity index (χ0) is 14.5. The molecule has 1 heterocycles. The fraction of sp³-hybridized carbons (Fsp3) is 0.444. The Morgan fingerprint density at radius 2 is 1.00 bits per heavy atom. The third-order valence-electron chi connectivity index (χ3n) is 3.88. The first kappa shape index (κ1) is 15.0. The first-order chi connectivity index (χ1) is 9.54. The van der Waals surface area contributed by atoms with E-state index < -0.39 is 0 Å². The minimum absolute atomic E-state index is 1.23. The average Bonchev–Trinajstić information content (AvgIpc) is 2.43. The second-order valence-corrected chi connectivity index (χ2v) is 5.96. The molecule has 0 saturated carbocycles. The number of hydrogen-bond acceptors (Lipinski definition) is 2. The van der Waals surface area contributed by atoms with Crippen molar-refractivity contribution < 1.29 is 0 Å². The van der Waals surface area contributed by atoms with Gasteiger partial charge in [-0.2, -0.15) is 0 Å². The Labute approximate surface area is 123 Å². The van der Waals surface area contributed by atoms with Crippen molar-refractivity contribution in [1.82, 2.24) is 9.80 Å². The fourth-order valence-corrected chi connectivity index (χ4v) is 2.39. The summed E-state index contributed by atoms with van der Waals surface area (Å²) in [5, 5.41) is 2.67. The van der Waals surface area contributed by atoms with Crippen LogP contribution >= 0.6 is 0 Å². The van der Waals surface area contributed by atoms with Crippen LogP contribution in [0.2, 0.25) is 0 Å². The summed E-state index contributed by atoms with van der Waals surface area (Å²) in [7, 11) is 4.35. The van der Waals surface area contributed by atoms with Crippen molar-refractivity contribution in [2.75, 3.05) is 40.3 Å². The first-order valence-electron chi connectivity index (χ1n) is 7.39. The monoisotopic (exact) mass is 270 g/mol. The Morgan fingerprint density at radius 3 is 1.35 bits per heavy atom. The van der Waals surface area contributed by atoms with Crippen LogP contribution in [0.4, 0.5) is 0 Å². The number of likely N-dealkylation sites (N-methyl/N-ethyl adjacent to an activating group) is 2. The maximum Gasteiger partial charge on any atom is 0.0107 e. The number of nitrogens with zero attached hydrogens (tertiary/aromatic N) is 2. The van der Waals surface area contributed by atoms with Gasteiger partial charge in [0, 0.05) is 26.2 Å². The number of aryl methyl sites for hydroxylation is 2. The molecule has 20 heavy (non-hydrogen) atoms. The van der Waals surface area contributed by atoms with Crippen LogP contribution in [0.15, 0.2) is 36.4 Å². The zero-order valence-electron chi connectivity index (χ0n) is 13.2. The van der Waals surface area contributed by atoms with Crippen LogP contribution in [0.5, 0.6) is 0 Å². The molecule has 0 aromatic heterocycles. The van der Waals surface area contributed by atoms with E-state index in [9.17, 15) is 0 Å². The van der Waals surface area contributed by atoms with E-state index in [1.807, 2.05) is 0 Å². The van der Waals surface area contributed by atoms with Gasteiger partial charge in [0.25, 0.3) is 0 Å². The molecule has 1 aliphatic heterocycles. The van der Waals surface area contributed by atoms with Gasteiger partial charge in [0.1, 0.15) is 0 Å². The van der Waals surface area contributed by atoms with Crippen LogP contribution < -0.4 is 0 Å². The number of piperazine rings is 1. The summed E-state index contributed by atoms with van der Waals surface area (Å²) < 4.78 is 0. The topological polar surface area (TPSA) is 6.48 Å². The number of fused-ring (bicyclic) bond motifs is 1. The van der Waals surface area contributed by atoms with Gasteiger partial charge in [0.15, 0.2) is 0 Å². The zero-order valence-corrected chi connectivity index (χ0v) is 13.2. The molecule has 0 unspecified atom stereocenters. The average molecular weight is 270 g/mol. The summed E-state index contributed by atoms with van der Waals surface area (Å²) in [6.07, 6.45) is 0. The molecule has 2 heteroatoms. The summed E-state index contributed by atoms with van der Waals surface area (Å²) in [6, 6.07) is 13.1. The van der Waals surface area contributed by atoms with Gasteiger partial charge < -0.3 is 9.80 Å².